The smallest absolute Gasteiger partial charge is 0.246 e. The number of anilines is 1. The van der Waals surface area contributed by atoms with Gasteiger partial charge >= 0.3 is 0 Å². The molecule has 0 atom stereocenters. The molecule has 1 amide bonds. The molecule has 3 aromatic heterocycles. The Morgan fingerprint density at radius 1 is 1.08 bits per heavy atom. The Balaban J connectivity index is 1.64. The molecule has 198 valence electrons. The van der Waals surface area contributed by atoms with E-state index >= 15 is 0 Å². The SMILES string of the molecule is C=CC(=O)N1CCN(Cc2cn3c(n2)c(-c2c(Cl)c(OC)cc(OC)c2Cl)cc2cnc(NC)nc23)CC1. The zero-order valence-electron chi connectivity index (χ0n) is 21.3. The minimum absolute atomic E-state index is 0.0454. The first-order valence-electron chi connectivity index (χ1n) is 12.0. The number of carbonyl (C=O) groups excluding carboxylic acids is 1. The van der Waals surface area contributed by atoms with Crippen molar-refractivity contribution >= 4 is 51.7 Å². The van der Waals surface area contributed by atoms with Gasteiger partial charge in [-0.1, -0.05) is 29.8 Å². The molecule has 1 saturated heterocycles. The predicted octanol–water partition coefficient (Wildman–Crippen LogP) is 4.14. The molecule has 1 N–H and O–H groups in total. The van der Waals surface area contributed by atoms with E-state index in [2.05, 4.69) is 26.8 Å². The third-order valence-corrected chi connectivity index (χ3v) is 7.38. The van der Waals surface area contributed by atoms with E-state index in [0.29, 0.717) is 69.5 Å². The Morgan fingerprint density at radius 2 is 1.76 bits per heavy atom. The Bertz CT molecular complexity index is 1520. The minimum atomic E-state index is -0.0454. The lowest BCUT2D eigenvalue weighted by Gasteiger charge is -2.33. The monoisotopic (exact) mass is 555 g/mol. The van der Waals surface area contributed by atoms with Crippen LogP contribution < -0.4 is 14.8 Å². The fourth-order valence-corrected chi connectivity index (χ4v) is 5.37. The number of pyridine rings is 1. The number of hydrogen-bond acceptors (Lipinski definition) is 8. The highest BCUT2D eigenvalue weighted by molar-refractivity contribution is 6.41. The second-order valence-corrected chi connectivity index (χ2v) is 9.55. The van der Waals surface area contributed by atoms with Crippen molar-refractivity contribution in [3.63, 3.8) is 0 Å². The number of carbonyl (C=O) groups is 1. The topological polar surface area (TPSA) is 97.1 Å². The number of methoxy groups -OCH3 is 2. The lowest BCUT2D eigenvalue weighted by atomic mass is 10.0. The molecule has 38 heavy (non-hydrogen) atoms. The number of amides is 1. The van der Waals surface area contributed by atoms with E-state index in [1.54, 1.807) is 24.2 Å². The number of nitrogens with one attached hydrogen (secondary N) is 1. The fourth-order valence-electron chi connectivity index (χ4n) is 4.66. The van der Waals surface area contributed by atoms with Crippen molar-refractivity contribution in [2.45, 2.75) is 6.54 Å². The van der Waals surface area contributed by atoms with Crippen molar-refractivity contribution in [1.82, 2.24) is 29.2 Å². The third-order valence-electron chi connectivity index (χ3n) is 6.63. The maximum absolute atomic E-state index is 12.0. The van der Waals surface area contributed by atoms with E-state index in [1.165, 1.54) is 20.3 Å². The maximum atomic E-state index is 12.0. The lowest BCUT2D eigenvalue weighted by Crippen LogP contribution is -2.47. The standard InChI is InChI=1S/C26H27Cl2N7O3/c1-5-20(36)34-8-6-33(7-9-34)13-16-14-35-24-15(12-30-26(29-2)32-24)10-17(25(35)31-16)21-22(27)18(37-3)11-19(38-4)23(21)28/h5,10-12,14H,1,6-9,13H2,2-4H3,(H,29,30,32). The molecule has 1 fully saturated rings. The van der Waals surface area contributed by atoms with Crippen LogP contribution in [0.15, 0.2) is 37.2 Å². The van der Waals surface area contributed by atoms with Gasteiger partial charge in [0, 0.05) is 74.7 Å². The van der Waals surface area contributed by atoms with Crippen LogP contribution in [0.4, 0.5) is 5.95 Å². The van der Waals surface area contributed by atoms with Gasteiger partial charge in [0.15, 0.2) is 5.65 Å². The van der Waals surface area contributed by atoms with E-state index in [0.717, 1.165) is 24.2 Å². The number of nitrogens with zero attached hydrogens (tertiary/aromatic N) is 6. The molecule has 12 heteroatoms. The molecule has 0 aliphatic carbocycles. The molecule has 0 unspecified atom stereocenters. The van der Waals surface area contributed by atoms with Crippen LogP contribution in [0.3, 0.4) is 0 Å². The van der Waals surface area contributed by atoms with E-state index in [4.69, 9.17) is 37.7 Å². The van der Waals surface area contributed by atoms with Crippen LogP contribution >= 0.6 is 23.2 Å². The molecule has 0 spiro atoms. The summed E-state index contributed by atoms with van der Waals surface area (Å²) in [5.74, 6) is 1.31. The predicted molar refractivity (Wildman–Crippen MR) is 148 cm³/mol. The van der Waals surface area contributed by atoms with Crippen LogP contribution in [0, 0.1) is 0 Å². The first-order chi connectivity index (χ1) is 18.4. The summed E-state index contributed by atoms with van der Waals surface area (Å²) in [6.45, 7) is 6.93. The van der Waals surface area contributed by atoms with Crippen molar-refractivity contribution in [3.8, 4) is 22.6 Å². The largest absolute Gasteiger partial charge is 0.495 e. The van der Waals surface area contributed by atoms with Crippen LogP contribution in [0.5, 0.6) is 11.5 Å². The third kappa shape index (κ3) is 4.59. The molecule has 4 aromatic rings. The number of ether oxygens (including phenoxy) is 2. The zero-order chi connectivity index (χ0) is 27.0. The van der Waals surface area contributed by atoms with Crippen LogP contribution in [0.2, 0.25) is 10.0 Å². The highest BCUT2D eigenvalue weighted by atomic mass is 35.5. The molecular formula is C26H27Cl2N7O3. The summed E-state index contributed by atoms with van der Waals surface area (Å²) in [6.07, 6.45) is 5.06. The highest BCUT2D eigenvalue weighted by Gasteiger charge is 2.25. The second kappa shape index (κ2) is 10.6. The van der Waals surface area contributed by atoms with Crippen LogP contribution in [-0.2, 0) is 11.3 Å². The Kier molecular flexibility index (Phi) is 7.29. The Labute approximate surface area is 229 Å². The molecule has 1 aromatic carbocycles. The minimum Gasteiger partial charge on any atom is -0.495 e. The van der Waals surface area contributed by atoms with Crippen molar-refractivity contribution in [2.24, 2.45) is 0 Å². The highest BCUT2D eigenvalue weighted by Crippen LogP contribution is 2.47. The summed E-state index contributed by atoms with van der Waals surface area (Å²) in [5.41, 5.74) is 3.40. The maximum Gasteiger partial charge on any atom is 0.246 e. The number of fused-ring (bicyclic) bond motifs is 3. The number of rotatable bonds is 7. The molecular weight excluding hydrogens is 529 g/mol. The Morgan fingerprint density at radius 3 is 2.37 bits per heavy atom. The van der Waals surface area contributed by atoms with Gasteiger partial charge in [0.25, 0.3) is 0 Å². The van der Waals surface area contributed by atoms with Gasteiger partial charge in [0.1, 0.15) is 17.1 Å². The van der Waals surface area contributed by atoms with Crippen molar-refractivity contribution in [2.75, 3.05) is 52.8 Å². The molecule has 0 bridgehead atoms. The number of piperazine rings is 1. The van der Waals surface area contributed by atoms with E-state index in [-0.39, 0.29) is 5.91 Å². The van der Waals surface area contributed by atoms with E-state index in [9.17, 15) is 4.79 Å². The first-order valence-corrected chi connectivity index (χ1v) is 12.7. The van der Waals surface area contributed by atoms with Gasteiger partial charge in [0.05, 0.1) is 30.0 Å². The molecule has 1 aliphatic heterocycles. The van der Waals surface area contributed by atoms with Gasteiger partial charge in [-0.15, -0.1) is 0 Å². The number of halogens is 2. The van der Waals surface area contributed by atoms with Crippen molar-refractivity contribution in [1.29, 1.82) is 0 Å². The van der Waals surface area contributed by atoms with E-state index in [1.807, 2.05) is 16.7 Å². The van der Waals surface area contributed by atoms with Crippen molar-refractivity contribution in [3.05, 3.63) is 52.9 Å². The summed E-state index contributed by atoms with van der Waals surface area (Å²) < 4.78 is 12.9. The van der Waals surface area contributed by atoms with Gasteiger partial charge < -0.3 is 19.7 Å². The van der Waals surface area contributed by atoms with Gasteiger partial charge in [0.2, 0.25) is 11.9 Å². The summed E-state index contributed by atoms with van der Waals surface area (Å²) in [7, 11) is 4.85. The molecule has 5 rings (SSSR count). The summed E-state index contributed by atoms with van der Waals surface area (Å²) in [4.78, 5) is 30.1. The molecule has 0 saturated carbocycles. The second-order valence-electron chi connectivity index (χ2n) is 8.80. The van der Waals surface area contributed by atoms with Gasteiger partial charge in [-0.05, 0) is 12.1 Å². The van der Waals surface area contributed by atoms with Gasteiger partial charge in [-0.3, -0.25) is 14.1 Å². The van der Waals surface area contributed by atoms with Crippen LogP contribution in [0.25, 0.3) is 27.8 Å². The molecule has 4 heterocycles. The quantitative estimate of drug-likeness (QED) is 0.340. The Hall–Kier alpha value is -3.60. The summed E-state index contributed by atoms with van der Waals surface area (Å²) in [6, 6.07) is 3.58. The summed E-state index contributed by atoms with van der Waals surface area (Å²) >= 11 is 13.6. The average Bonchev–Trinajstić information content (AvgIpc) is 3.37. The van der Waals surface area contributed by atoms with E-state index < -0.39 is 0 Å². The normalized spacial score (nSPS) is 14.2. The van der Waals surface area contributed by atoms with Crippen LogP contribution in [0.1, 0.15) is 5.69 Å². The lowest BCUT2D eigenvalue weighted by molar-refractivity contribution is -0.127. The fraction of sp³-hybridized carbons (Fsp3) is 0.308. The number of aromatic nitrogens is 4. The molecule has 0 radical (unpaired) electrons. The first kappa shape index (κ1) is 26.0. The number of benzene rings is 1. The molecule has 10 nitrogen and oxygen atoms in total. The van der Waals surface area contributed by atoms with Crippen LogP contribution in [-0.4, -0.2) is 82.5 Å². The number of imidazole rings is 1. The zero-order valence-corrected chi connectivity index (χ0v) is 22.8. The average molecular weight is 556 g/mol. The summed E-state index contributed by atoms with van der Waals surface area (Å²) in [5, 5.41) is 4.46. The van der Waals surface area contributed by atoms with Gasteiger partial charge in [-0.2, -0.15) is 4.98 Å². The molecule has 1 aliphatic rings. The van der Waals surface area contributed by atoms with Gasteiger partial charge in [-0.25, -0.2) is 9.97 Å². The number of hydrogen-bond donors (Lipinski definition) is 1. The van der Waals surface area contributed by atoms with Crippen molar-refractivity contribution < 1.29 is 14.3 Å².